The maximum Gasteiger partial charge on any atom is 0.260 e. The topological polar surface area (TPSA) is 37.6 Å². The Morgan fingerprint density at radius 2 is 1.70 bits per heavy atom. The molecule has 0 spiro atoms. The second-order valence-corrected chi connectivity index (χ2v) is 8.01. The van der Waals surface area contributed by atoms with Crippen LogP contribution >= 0.6 is 11.3 Å². The molecule has 5 heteroatoms. The molecule has 1 amide bonds. The van der Waals surface area contributed by atoms with Crippen molar-refractivity contribution in [1.82, 2.24) is 4.98 Å². The SMILES string of the molecule is CC[NH+](CC)CCN(C(=O)c1ccc(C)cc1)c1nc2ccc(C)cc2s1. The number of aromatic nitrogens is 1. The number of quaternary nitrogens is 1. The molecule has 1 heterocycles. The molecule has 3 aromatic rings. The van der Waals surface area contributed by atoms with Crippen LogP contribution in [0.25, 0.3) is 10.2 Å². The van der Waals surface area contributed by atoms with E-state index < -0.39 is 0 Å². The van der Waals surface area contributed by atoms with E-state index in [4.69, 9.17) is 4.98 Å². The molecule has 1 N–H and O–H groups in total. The van der Waals surface area contributed by atoms with Crippen LogP contribution < -0.4 is 9.80 Å². The lowest BCUT2D eigenvalue weighted by Crippen LogP contribution is -3.12. The summed E-state index contributed by atoms with van der Waals surface area (Å²) < 4.78 is 1.13. The van der Waals surface area contributed by atoms with Crippen molar-refractivity contribution in [2.24, 2.45) is 0 Å². The third kappa shape index (κ3) is 4.54. The molecule has 0 atom stereocenters. The summed E-state index contributed by atoms with van der Waals surface area (Å²) in [6.45, 7) is 12.2. The molecule has 27 heavy (non-hydrogen) atoms. The molecule has 0 bridgehead atoms. The van der Waals surface area contributed by atoms with Crippen molar-refractivity contribution in [3.05, 3.63) is 59.2 Å². The van der Waals surface area contributed by atoms with E-state index in [1.807, 2.05) is 42.2 Å². The number of amides is 1. The van der Waals surface area contributed by atoms with Crippen LogP contribution in [-0.4, -0.2) is 37.1 Å². The Morgan fingerprint density at radius 3 is 2.37 bits per heavy atom. The van der Waals surface area contributed by atoms with Crippen molar-refractivity contribution in [2.45, 2.75) is 27.7 Å². The molecule has 2 aromatic carbocycles. The van der Waals surface area contributed by atoms with Gasteiger partial charge in [-0.1, -0.05) is 35.1 Å². The van der Waals surface area contributed by atoms with Crippen LogP contribution in [0.3, 0.4) is 0 Å². The van der Waals surface area contributed by atoms with Gasteiger partial charge in [-0.2, -0.15) is 0 Å². The van der Waals surface area contributed by atoms with E-state index >= 15 is 0 Å². The molecular formula is C22H28N3OS+. The van der Waals surface area contributed by atoms with Crippen LogP contribution in [0, 0.1) is 13.8 Å². The molecule has 0 aliphatic carbocycles. The Labute approximate surface area is 165 Å². The van der Waals surface area contributed by atoms with Gasteiger partial charge in [0.25, 0.3) is 5.91 Å². The molecule has 142 valence electrons. The van der Waals surface area contributed by atoms with Crippen LogP contribution in [0.4, 0.5) is 5.13 Å². The summed E-state index contributed by atoms with van der Waals surface area (Å²) >= 11 is 1.60. The number of rotatable bonds is 7. The van der Waals surface area contributed by atoms with Crippen molar-refractivity contribution >= 4 is 32.6 Å². The first-order valence-electron chi connectivity index (χ1n) is 9.61. The smallest absolute Gasteiger partial charge is 0.260 e. The summed E-state index contributed by atoms with van der Waals surface area (Å²) in [4.78, 5) is 21.4. The minimum atomic E-state index is 0.0253. The molecule has 0 saturated carbocycles. The summed E-state index contributed by atoms with van der Waals surface area (Å²) in [5.41, 5.74) is 4.03. The maximum absolute atomic E-state index is 13.3. The number of thiazole rings is 1. The predicted molar refractivity (Wildman–Crippen MR) is 114 cm³/mol. The van der Waals surface area contributed by atoms with E-state index in [1.54, 1.807) is 11.3 Å². The van der Waals surface area contributed by atoms with Gasteiger partial charge < -0.3 is 4.90 Å². The number of anilines is 1. The van der Waals surface area contributed by atoms with Gasteiger partial charge in [0.2, 0.25) is 0 Å². The van der Waals surface area contributed by atoms with Gasteiger partial charge in [-0.3, -0.25) is 9.69 Å². The highest BCUT2D eigenvalue weighted by Crippen LogP contribution is 2.30. The predicted octanol–water partition coefficient (Wildman–Crippen LogP) is 3.48. The monoisotopic (exact) mass is 382 g/mol. The van der Waals surface area contributed by atoms with Crippen molar-refractivity contribution in [1.29, 1.82) is 0 Å². The third-order valence-electron chi connectivity index (χ3n) is 5.00. The Hall–Kier alpha value is -2.24. The number of benzene rings is 2. The number of hydrogen-bond acceptors (Lipinski definition) is 3. The molecule has 1 aromatic heterocycles. The number of nitrogens with zero attached hydrogens (tertiary/aromatic N) is 2. The number of carbonyl (C=O) groups excluding carboxylic acids is 1. The van der Waals surface area contributed by atoms with E-state index in [0.717, 1.165) is 40.5 Å². The quantitative estimate of drug-likeness (QED) is 0.679. The first kappa shape index (κ1) is 19.5. The fourth-order valence-electron chi connectivity index (χ4n) is 3.14. The lowest BCUT2D eigenvalue weighted by molar-refractivity contribution is -0.894. The van der Waals surface area contributed by atoms with Gasteiger partial charge in [-0.05, 0) is 57.5 Å². The second-order valence-electron chi connectivity index (χ2n) is 7.00. The Balaban J connectivity index is 1.94. The number of fused-ring (bicyclic) bond motifs is 1. The van der Waals surface area contributed by atoms with Gasteiger partial charge in [-0.25, -0.2) is 4.98 Å². The van der Waals surface area contributed by atoms with Gasteiger partial charge in [0.1, 0.15) is 0 Å². The highest BCUT2D eigenvalue weighted by molar-refractivity contribution is 7.22. The number of likely N-dealkylation sites (N-methyl/N-ethyl adjacent to an activating group) is 1. The zero-order valence-corrected chi connectivity index (χ0v) is 17.4. The molecule has 0 fully saturated rings. The van der Waals surface area contributed by atoms with Crippen molar-refractivity contribution in [3.8, 4) is 0 Å². The fourth-order valence-corrected chi connectivity index (χ4v) is 4.23. The second kappa shape index (κ2) is 8.63. The summed E-state index contributed by atoms with van der Waals surface area (Å²) in [5, 5.41) is 0.785. The van der Waals surface area contributed by atoms with Crippen molar-refractivity contribution < 1.29 is 9.69 Å². The summed E-state index contributed by atoms with van der Waals surface area (Å²) in [6.07, 6.45) is 0. The zero-order valence-electron chi connectivity index (χ0n) is 16.6. The van der Waals surface area contributed by atoms with E-state index in [1.165, 1.54) is 10.5 Å². The number of carbonyl (C=O) groups is 1. The van der Waals surface area contributed by atoms with E-state index in [0.29, 0.717) is 12.1 Å². The highest BCUT2D eigenvalue weighted by Gasteiger charge is 2.22. The number of aryl methyl sites for hydroxylation is 2. The minimum absolute atomic E-state index is 0.0253. The van der Waals surface area contributed by atoms with Crippen LogP contribution in [0.5, 0.6) is 0 Å². The molecule has 0 saturated heterocycles. The first-order chi connectivity index (χ1) is 13.0. The lowest BCUT2D eigenvalue weighted by Gasteiger charge is -2.23. The molecule has 3 rings (SSSR count). The van der Waals surface area contributed by atoms with Gasteiger partial charge in [0.15, 0.2) is 5.13 Å². The summed E-state index contributed by atoms with van der Waals surface area (Å²) in [6, 6.07) is 14.0. The van der Waals surface area contributed by atoms with E-state index in [2.05, 4.69) is 32.9 Å². The van der Waals surface area contributed by atoms with Gasteiger partial charge >= 0.3 is 0 Å². The van der Waals surface area contributed by atoms with Crippen LogP contribution in [0.15, 0.2) is 42.5 Å². The molecule has 0 radical (unpaired) electrons. The fraction of sp³-hybridized carbons (Fsp3) is 0.364. The largest absolute Gasteiger partial charge is 0.334 e. The van der Waals surface area contributed by atoms with Gasteiger partial charge in [-0.15, -0.1) is 0 Å². The maximum atomic E-state index is 13.3. The van der Waals surface area contributed by atoms with E-state index in [-0.39, 0.29) is 5.91 Å². The Bertz CT molecular complexity index is 913. The average molecular weight is 383 g/mol. The van der Waals surface area contributed by atoms with Crippen LogP contribution in [-0.2, 0) is 0 Å². The zero-order chi connectivity index (χ0) is 19.4. The van der Waals surface area contributed by atoms with Crippen LogP contribution in [0.2, 0.25) is 0 Å². The summed E-state index contributed by atoms with van der Waals surface area (Å²) in [7, 11) is 0. The number of nitrogens with one attached hydrogen (secondary N) is 1. The Morgan fingerprint density at radius 1 is 1.04 bits per heavy atom. The number of hydrogen-bond donors (Lipinski definition) is 1. The van der Waals surface area contributed by atoms with Crippen LogP contribution in [0.1, 0.15) is 35.3 Å². The lowest BCUT2D eigenvalue weighted by atomic mass is 10.1. The first-order valence-corrected chi connectivity index (χ1v) is 10.4. The van der Waals surface area contributed by atoms with Crippen molar-refractivity contribution in [3.63, 3.8) is 0 Å². The van der Waals surface area contributed by atoms with Gasteiger partial charge in [0.05, 0.1) is 36.4 Å². The molecule has 4 nitrogen and oxygen atoms in total. The standard InChI is InChI=1S/C22H27N3OS/c1-5-24(6-2)13-14-25(21(26)18-10-7-16(3)8-11-18)22-23-19-12-9-17(4)15-20(19)27-22/h7-12,15H,5-6,13-14H2,1-4H3/p+1. The molecule has 0 aliphatic rings. The molecule has 0 aliphatic heterocycles. The Kier molecular flexibility index (Phi) is 6.24. The molecule has 0 unspecified atom stereocenters. The van der Waals surface area contributed by atoms with Crippen molar-refractivity contribution in [2.75, 3.05) is 31.1 Å². The average Bonchev–Trinajstić information content (AvgIpc) is 3.08. The van der Waals surface area contributed by atoms with Gasteiger partial charge in [0, 0.05) is 5.56 Å². The van der Waals surface area contributed by atoms with E-state index in [9.17, 15) is 4.79 Å². The third-order valence-corrected chi connectivity index (χ3v) is 6.04. The molecular weight excluding hydrogens is 354 g/mol. The summed E-state index contributed by atoms with van der Waals surface area (Å²) in [5.74, 6) is 0.0253. The normalized spacial score (nSPS) is 11.3. The minimum Gasteiger partial charge on any atom is -0.334 e. The highest BCUT2D eigenvalue weighted by atomic mass is 32.1.